The topological polar surface area (TPSA) is 549 Å². The minimum atomic E-state index is -1.90. The number of guanidine groups is 1. The molecule has 33 nitrogen and oxygen atoms in total. The third-order valence-corrected chi connectivity index (χ3v) is 20.6. The molecule has 24 N–H and O–H groups in total. The Morgan fingerprint density at radius 3 is 1.81 bits per heavy atom. The number of aliphatic hydroxyl groups is 10. The number of carboxylic acid groups (broad SMARTS) is 1. The van der Waals surface area contributed by atoms with E-state index in [2.05, 4.69) is 57.7 Å². The molecule has 3 aromatic rings. The molecular weight excluding hydrogens is 1460 g/mol. The van der Waals surface area contributed by atoms with Crippen molar-refractivity contribution >= 4 is 87.9 Å². The minimum absolute atomic E-state index is 0.00797. The molecule has 3 aliphatic heterocycles. The van der Waals surface area contributed by atoms with Crippen LogP contribution in [0.1, 0.15) is 149 Å². The maximum absolute atomic E-state index is 14.3. The Hall–Kier alpha value is -9.52. The van der Waals surface area contributed by atoms with Crippen molar-refractivity contribution in [1.82, 2.24) is 47.9 Å². The molecule has 34 heteroatoms. The highest BCUT2D eigenvalue weighted by Gasteiger charge is 2.45. The number of unbranched alkanes of at least 4 members (excludes halogenated alkanes) is 3. The van der Waals surface area contributed by atoms with Gasteiger partial charge in [-0.15, -0.1) is 0 Å². The predicted molar refractivity (Wildman–Crippen MR) is 409 cm³/mol. The summed E-state index contributed by atoms with van der Waals surface area (Å²) in [5.41, 5.74) is 11.7. The number of aliphatic carboxylic acids is 1. The number of halogens is 1. The summed E-state index contributed by atoms with van der Waals surface area (Å²) < 4.78 is 2.15. The number of nitrogens with zero attached hydrogens (tertiary/aromatic N) is 1. The van der Waals surface area contributed by atoms with Crippen LogP contribution in [0.3, 0.4) is 0 Å². The zero-order valence-electron chi connectivity index (χ0n) is 62.6. The van der Waals surface area contributed by atoms with Gasteiger partial charge < -0.3 is 115 Å². The molecule has 1 saturated heterocycles. The van der Waals surface area contributed by atoms with E-state index in [-0.39, 0.29) is 74.6 Å². The van der Waals surface area contributed by atoms with Crippen molar-refractivity contribution in [3.8, 4) is 0 Å². The summed E-state index contributed by atoms with van der Waals surface area (Å²) in [4.78, 5) is 121. The van der Waals surface area contributed by atoms with Gasteiger partial charge in [0.15, 0.2) is 11.7 Å². The molecule has 606 valence electrons. The smallest absolute Gasteiger partial charge is 0.305 e. The number of carbonyl (C=O) groups is 9. The van der Waals surface area contributed by atoms with E-state index < -0.39 is 170 Å². The summed E-state index contributed by atoms with van der Waals surface area (Å²) in [6.45, 7) is 5.42. The Bertz CT molecular complexity index is 4000. The largest absolute Gasteiger partial charge is 0.481 e. The Morgan fingerprint density at radius 2 is 1.19 bits per heavy atom. The number of carbonyl (C=O) groups excluding carboxylic acids is 8. The van der Waals surface area contributed by atoms with Crippen molar-refractivity contribution in [1.29, 1.82) is 5.41 Å². The molecule has 1 fully saturated rings. The lowest BCUT2D eigenvalue weighted by Crippen LogP contribution is -2.58. The average molecular weight is 1570 g/mol. The van der Waals surface area contributed by atoms with E-state index in [4.69, 9.17) is 27.9 Å². The Labute approximate surface area is 647 Å². The number of carboxylic acids is 1. The highest BCUT2D eigenvalue weighted by atomic mass is 35.5. The van der Waals surface area contributed by atoms with E-state index in [1.165, 1.54) is 0 Å². The van der Waals surface area contributed by atoms with E-state index in [1.54, 1.807) is 60.7 Å². The van der Waals surface area contributed by atoms with E-state index >= 15 is 0 Å². The molecular formula is C77H107ClN13O20+. The molecule has 7 rings (SSSR count). The number of fused-ring (bicyclic) bond motifs is 2. The van der Waals surface area contributed by atoms with Gasteiger partial charge in [-0.3, -0.25) is 48.6 Å². The van der Waals surface area contributed by atoms with Crippen LogP contribution in [0.15, 0.2) is 113 Å². The summed E-state index contributed by atoms with van der Waals surface area (Å²) in [6.07, 6.45) is -2.61. The normalized spacial score (nSPS) is 21.6. The third-order valence-electron chi connectivity index (χ3n) is 20.1. The zero-order valence-corrected chi connectivity index (χ0v) is 63.4. The SMILES string of the molecule is CC1(C)C(/C=C/C2=C(Cl)C(=C/C=C3/Nc4ccc(C(=O)NCC(O)C(O)C(O)C(O)CO)cc4C3(C)C)/CCC2)=[N+](CCCCCC(=O)NCCCCC2NC(=O)[C@@H](Cc3ccccc3)NC(=O)[C@H](CC(=O)O)NC(=O)CNC(=O)[C@H](CCCNC(=N)N)NC2=O)c2ccc(C(=O)NCC(O)C(O)C(O)C(O)CO)cc21. The number of benzene rings is 3. The van der Waals surface area contributed by atoms with Gasteiger partial charge in [-0.25, -0.2) is 0 Å². The van der Waals surface area contributed by atoms with Crippen LogP contribution < -0.4 is 58.9 Å². The number of aliphatic hydroxyl groups excluding tert-OH is 10. The first-order valence-corrected chi connectivity index (χ1v) is 37.6. The summed E-state index contributed by atoms with van der Waals surface area (Å²) in [5, 5.41) is 144. The molecule has 0 saturated carbocycles. The molecule has 12 atom stereocenters. The Kier molecular flexibility index (Phi) is 33.3. The van der Waals surface area contributed by atoms with Gasteiger partial charge in [0.05, 0.1) is 43.8 Å². The van der Waals surface area contributed by atoms with Gasteiger partial charge in [-0.2, -0.15) is 4.58 Å². The average Bonchev–Trinajstić information content (AvgIpc) is 1.61. The highest BCUT2D eigenvalue weighted by Crippen LogP contribution is 2.45. The molecule has 8 amide bonds. The van der Waals surface area contributed by atoms with Crippen LogP contribution in [0.25, 0.3) is 0 Å². The molecule has 0 bridgehead atoms. The van der Waals surface area contributed by atoms with E-state index in [9.17, 15) is 94.2 Å². The minimum Gasteiger partial charge on any atom is -0.481 e. The van der Waals surface area contributed by atoms with Crippen LogP contribution in [-0.4, -0.2) is 251 Å². The number of allylic oxidation sites excluding steroid dienone is 8. The van der Waals surface area contributed by atoms with Crippen LogP contribution in [0.2, 0.25) is 0 Å². The number of nitrogens with two attached hydrogens (primary N) is 1. The zero-order chi connectivity index (χ0) is 81.4. The number of anilines is 1. The summed E-state index contributed by atoms with van der Waals surface area (Å²) in [5.74, 6) is -7.50. The van der Waals surface area contributed by atoms with E-state index in [0.29, 0.717) is 55.7 Å². The van der Waals surface area contributed by atoms with Crippen molar-refractivity contribution in [2.24, 2.45) is 5.73 Å². The van der Waals surface area contributed by atoms with Gasteiger partial charge in [0, 0.05) is 96.1 Å². The van der Waals surface area contributed by atoms with Crippen molar-refractivity contribution in [2.45, 2.75) is 201 Å². The van der Waals surface area contributed by atoms with Crippen LogP contribution in [-0.2, 0) is 50.8 Å². The third kappa shape index (κ3) is 24.7. The molecule has 9 unspecified atom stereocenters. The second-order valence-electron chi connectivity index (χ2n) is 29.2. The highest BCUT2D eigenvalue weighted by molar-refractivity contribution is 6.32. The van der Waals surface area contributed by atoms with Crippen LogP contribution in [0.5, 0.6) is 0 Å². The van der Waals surface area contributed by atoms with Gasteiger partial charge >= 0.3 is 5.97 Å². The van der Waals surface area contributed by atoms with Crippen molar-refractivity contribution < 1.29 is 104 Å². The number of nitrogens with one attached hydrogen (secondary N) is 11. The lowest BCUT2D eigenvalue weighted by Gasteiger charge is -2.26. The second kappa shape index (κ2) is 41.7. The summed E-state index contributed by atoms with van der Waals surface area (Å²) >= 11 is 7.31. The van der Waals surface area contributed by atoms with Crippen molar-refractivity contribution in [3.63, 3.8) is 0 Å². The van der Waals surface area contributed by atoms with Gasteiger partial charge in [0.25, 0.3) is 11.8 Å². The molecule has 3 heterocycles. The number of rotatable bonds is 36. The van der Waals surface area contributed by atoms with Gasteiger partial charge in [0.1, 0.15) is 67.3 Å². The van der Waals surface area contributed by atoms with Gasteiger partial charge in [0.2, 0.25) is 41.1 Å². The lowest BCUT2D eigenvalue weighted by molar-refractivity contribution is -0.438. The maximum atomic E-state index is 14.3. The molecule has 3 aromatic carbocycles. The molecule has 0 spiro atoms. The first-order valence-electron chi connectivity index (χ1n) is 37.2. The van der Waals surface area contributed by atoms with E-state index in [0.717, 1.165) is 51.5 Å². The fourth-order valence-corrected chi connectivity index (χ4v) is 13.8. The number of hydrogen-bond acceptors (Lipinski definition) is 21. The molecule has 0 aromatic heterocycles. The molecule has 0 radical (unpaired) electrons. The fraction of sp³-hybridized carbons (Fsp3) is 0.519. The monoisotopic (exact) mass is 1570 g/mol. The first-order chi connectivity index (χ1) is 52.7. The summed E-state index contributed by atoms with van der Waals surface area (Å²) in [7, 11) is 0. The number of amides is 8. The Balaban J connectivity index is 1.04. The second-order valence-corrected chi connectivity index (χ2v) is 29.5. The van der Waals surface area contributed by atoms with Gasteiger partial charge in [-0.05, 0) is 137 Å². The van der Waals surface area contributed by atoms with Crippen molar-refractivity contribution in [3.05, 3.63) is 141 Å². The standard InChI is InChI=1S/C77H106ClN13O20/c1-76(2)47-34-45(69(106)83-37-55(94)65(102)67(104)57(96)40-92)22-26-49(47)86-59(76)28-24-43-17-13-18-44(64(43)78)25-29-60-77(3,4)48-35-46(70(107)84-38-56(95)66(103)68(105)58(97)41-93)23-27-54(48)91(60)32-12-6-9-21-61(98)81-30-11-10-19-51-72(109)88-50(20-14-31-82-75(79)80)71(108)85-39-62(99)87-53(36-63(100)101)74(111)90-52(73(110)89-51)33-42-15-7-5-8-16-42/h5,7-8,15-16,22-29,34-35,50-53,55-58,65-68,92-97,102-105H,6,9-14,17-21,30-33,36-41H2,1-4H3,(H13,79,80,81,82,83,84,85,87,88,89,90,98,99,100,101,106,107,108,109,110,111)/p+1/t50-,51?,52+,53-,55?,56?,57?,58?,65?,66?,67?,68?/m0/s1. The lowest BCUT2D eigenvalue weighted by atomic mass is 9.80. The molecule has 111 heavy (non-hydrogen) atoms. The quantitative estimate of drug-likeness (QED) is 0.0140. The van der Waals surface area contributed by atoms with Crippen LogP contribution in [0.4, 0.5) is 11.4 Å². The molecule has 1 aliphatic carbocycles. The molecule has 4 aliphatic rings. The van der Waals surface area contributed by atoms with E-state index in [1.807, 2.05) is 58.1 Å². The number of hydrogen-bond donors (Lipinski definition) is 23. The van der Waals surface area contributed by atoms with Crippen molar-refractivity contribution in [2.75, 3.05) is 57.8 Å². The van der Waals surface area contributed by atoms with Gasteiger partial charge in [-0.1, -0.05) is 67.9 Å². The van der Waals surface area contributed by atoms with Crippen LogP contribution >= 0.6 is 11.6 Å². The van der Waals surface area contributed by atoms with Crippen LogP contribution in [0, 0.1) is 5.41 Å². The first kappa shape index (κ1) is 88.7. The Morgan fingerprint density at radius 1 is 0.622 bits per heavy atom. The fourth-order valence-electron chi connectivity index (χ4n) is 13.5. The summed E-state index contributed by atoms with van der Waals surface area (Å²) in [6, 6.07) is 13.2. The predicted octanol–water partition coefficient (Wildman–Crippen LogP) is -1.26. The maximum Gasteiger partial charge on any atom is 0.305 e.